The molecule has 0 radical (unpaired) electrons. The first kappa shape index (κ1) is 11.4. The predicted octanol–water partition coefficient (Wildman–Crippen LogP) is 3.42. The summed E-state index contributed by atoms with van der Waals surface area (Å²) in [6.07, 6.45) is 0. The number of fused-ring (bicyclic) bond motifs is 2. The van der Waals surface area contributed by atoms with E-state index < -0.39 is 0 Å². The molecular weight excluding hydrogens is 270 g/mol. The van der Waals surface area contributed by atoms with Crippen molar-refractivity contribution in [3.05, 3.63) is 45.6 Å². The lowest BCUT2D eigenvalue weighted by Gasteiger charge is -2.06. The minimum Gasteiger partial charge on any atom is -0.497 e. The maximum atomic E-state index is 11.9. The molecule has 1 aliphatic carbocycles. The number of halogens is 1. The summed E-state index contributed by atoms with van der Waals surface area (Å²) in [5.74, 6) is 0.719. The van der Waals surface area contributed by atoms with Crippen molar-refractivity contribution < 1.29 is 4.74 Å². The van der Waals surface area contributed by atoms with E-state index in [0.717, 1.165) is 20.8 Å². The number of ether oxygens (including phenoxy) is 1. The Morgan fingerprint density at radius 3 is 2.89 bits per heavy atom. The molecule has 1 aromatic rings. The lowest BCUT2D eigenvalue weighted by molar-refractivity contribution is 0.415. The van der Waals surface area contributed by atoms with Crippen molar-refractivity contribution >= 4 is 33.2 Å². The van der Waals surface area contributed by atoms with Gasteiger partial charge in [0.15, 0.2) is 0 Å². The smallest absolute Gasteiger partial charge is 0.224 e. The molecule has 0 unspecified atom stereocenters. The van der Waals surface area contributed by atoms with Crippen molar-refractivity contribution in [3.8, 4) is 16.3 Å². The first-order valence-electron chi connectivity index (χ1n) is 5.26. The third-order valence-electron chi connectivity index (χ3n) is 2.66. The highest BCUT2D eigenvalue weighted by atomic mass is 35.5. The Bertz CT molecular complexity index is 769. The van der Waals surface area contributed by atoms with Crippen molar-refractivity contribution in [2.75, 3.05) is 7.11 Å². The number of hydrogen-bond acceptors (Lipinski definition) is 4. The van der Waals surface area contributed by atoms with E-state index in [4.69, 9.17) is 16.3 Å². The Labute approximate surface area is 112 Å². The molecule has 0 bridgehead atoms. The maximum Gasteiger partial charge on any atom is 0.224 e. The van der Waals surface area contributed by atoms with E-state index in [-0.39, 0.29) is 10.5 Å². The van der Waals surface area contributed by atoms with Crippen LogP contribution in [0.1, 0.15) is 0 Å². The fourth-order valence-corrected chi connectivity index (χ4v) is 2.86. The lowest BCUT2D eigenvalue weighted by atomic mass is 10.2. The largest absolute Gasteiger partial charge is 0.497 e. The molecule has 18 heavy (non-hydrogen) atoms. The summed E-state index contributed by atoms with van der Waals surface area (Å²) < 4.78 is 6.15. The van der Waals surface area contributed by atoms with Gasteiger partial charge in [-0.2, -0.15) is 0 Å². The van der Waals surface area contributed by atoms with Crippen LogP contribution in [0.25, 0.3) is 20.8 Å². The fraction of sp³-hybridized carbons (Fsp3) is 0.0769. The molecule has 0 amide bonds. The van der Waals surface area contributed by atoms with Crippen LogP contribution in [-0.4, -0.2) is 12.1 Å². The second-order valence-corrected chi connectivity index (χ2v) is 5.26. The van der Waals surface area contributed by atoms with Gasteiger partial charge in [-0.1, -0.05) is 11.6 Å². The Balaban J connectivity index is 2.42. The van der Waals surface area contributed by atoms with Crippen LogP contribution < -0.4 is 10.2 Å². The molecule has 0 aromatic heterocycles. The Morgan fingerprint density at radius 2 is 2.11 bits per heavy atom. The quantitative estimate of drug-likeness (QED) is 0.640. The van der Waals surface area contributed by atoms with Crippen LogP contribution >= 0.6 is 22.9 Å². The monoisotopic (exact) mass is 277 g/mol. The first-order valence-corrected chi connectivity index (χ1v) is 6.45. The standard InChI is InChI=1S/C13H8ClNO2S/c1-17-7-2-4-10-9(6-7)15-12-11(18-10)5-3-8(14)13(12)16/h2-6H,1H3. The number of aromatic nitrogens is 1. The van der Waals surface area contributed by atoms with Gasteiger partial charge >= 0.3 is 0 Å². The van der Waals surface area contributed by atoms with Gasteiger partial charge in [0.1, 0.15) is 11.4 Å². The zero-order chi connectivity index (χ0) is 12.7. The van der Waals surface area contributed by atoms with Gasteiger partial charge in [-0.25, -0.2) is 4.98 Å². The summed E-state index contributed by atoms with van der Waals surface area (Å²) in [5.41, 5.74) is 0.926. The predicted molar refractivity (Wildman–Crippen MR) is 74.1 cm³/mol. The molecule has 0 N–H and O–H groups in total. The number of hydrogen-bond donors (Lipinski definition) is 0. The third-order valence-corrected chi connectivity index (χ3v) is 4.08. The van der Waals surface area contributed by atoms with Crippen molar-refractivity contribution in [2.45, 2.75) is 0 Å². The van der Waals surface area contributed by atoms with Gasteiger partial charge in [-0.05, 0) is 24.3 Å². The van der Waals surface area contributed by atoms with Crippen LogP contribution in [0.15, 0.2) is 35.1 Å². The van der Waals surface area contributed by atoms with Gasteiger partial charge < -0.3 is 4.74 Å². The van der Waals surface area contributed by atoms with Crippen LogP contribution in [0.4, 0.5) is 0 Å². The van der Waals surface area contributed by atoms with Crippen LogP contribution in [0.2, 0.25) is 5.02 Å². The second kappa shape index (κ2) is 4.23. The SMILES string of the molecule is COc1ccc2sc3ccc(Cl)c(=O)c-3nc2c1. The number of rotatable bonds is 1. The van der Waals surface area contributed by atoms with Gasteiger partial charge in [0.25, 0.3) is 0 Å². The molecular formula is C13H8ClNO2S. The van der Waals surface area contributed by atoms with Gasteiger partial charge in [0, 0.05) is 6.07 Å². The molecule has 1 aliphatic heterocycles. The summed E-state index contributed by atoms with van der Waals surface area (Å²) in [6, 6.07) is 9.05. The van der Waals surface area contributed by atoms with Gasteiger partial charge in [0.05, 0.1) is 27.2 Å². The van der Waals surface area contributed by atoms with Gasteiger partial charge in [-0.3, -0.25) is 4.79 Å². The highest BCUT2D eigenvalue weighted by Crippen LogP contribution is 2.31. The van der Waals surface area contributed by atoms with Crippen molar-refractivity contribution in [2.24, 2.45) is 0 Å². The van der Waals surface area contributed by atoms with Crippen molar-refractivity contribution in [3.63, 3.8) is 0 Å². The number of nitrogens with zero attached hydrogens (tertiary/aromatic N) is 1. The summed E-state index contributed by atoms with van der Waals surface area (Å²) in [5, 5.41) is 0.199. The molecule has 2 aliphatic rings. The summed E-state index contributed by atoms with van der Waals surface area (Å²) in [7, 11) is 1.60. The van der Waals surface area contributed by atoms with E-state index in [0.29, 0.717) is 5.69 Å². The van der Waals surface area contributed by atoms with Crippen LogP contribution in [0.3, 0.4) is 0 Å². The summed E-state index contributed by atoms with van der Waals surface area (Å²) in [4.78, 5) is 17.1. The van der Waals surface area contributed by atoms with Crippen LogP contribution in [0, 0.1) is 0 Å². The van der Waals surface area contributed by atoms with Crippen LogP contribution in [-0.2, 0) is 0 Å². The molecule has 0 spiro atoms. The molecule has 3 nitrogen and oxygen atoms in total. The van der Waals surface area contributed by atoms with Gasteiger partial charge in [-0.15, -0.1) is 11.3 Å². The third kappa shape index (κ3) is 1.74. The summed E-state index contributed by atoms with van der Waals surface area (Å²) in [6.45, 7) is 0. The average Bonchev–Trinajstić information content (AvgIpc) is 2.41. The molecule has 0 saturated carbocycles. The topological polar surface area (TPSA) is 39.2 Å². The van der Waals surface area contributed by atoms with E-state index in [9.17, 15) is 4.79 Å². The maximum absolute atomic E-state index is 11.9. The van der Waals surface area contributed by atoms with E-state index >= 15 is 0 Å². The van der Waals surface area contributed by atoms with E-state index in [1.807, 2.05) is 24.3 Å². The van der Waals surface area contributed by atoms with Crippen molar-refractivity contribution in [1.29, 1.82) is 0 Å². The summed E-state index contributed by atoms with van der Waals surface area (Å²) >= 11 is 7.34. The molecule has 3 rings (SSSR count). The Morgan fingerprint density at radius 1 is 1.28 bits per heavy atom. The minimum atomic E-state index is -0.227. The lowest BCUT2D eigenvalue weighted by Crippen LogP contribution is -2.07. The Hall–Kier alpha value is -1.65. The zero-order valence-electron chi connectivity index (χ0n) is 9.44. The fourth-order valence-electron chi connectivity index (χ4n) is 1.75. The Kier molecular flexibility index (Phi) is 2.69. The highest BCUT2D eigenvalue weighted by Gasteiger charge is 2.13. The normalized spacial score (nSPS) is 11.0. The van der Waals surface area contributed by atoms with Gasteiger partial charge in [0.2, 0.25) is 5.43 Å². The number of methoxy groups -OCH3 is 1. The second-order valence-electron chi connectivity index (χ2n) is 3.77. The molecule has 5 heteroatoms. The average molecular weight is 278 g/mol. The van der Waals surface area contributed by atoms with E-state index in [2.05, 4.69) is 4.98 Å². The zero-order valence-corrected chi connectivity index (χ0v) is 11.0. The van der Waals surface area contributed by atoms with Crippen molar-refractivity contribution in [1.82, 2.24) is 4.98 Å². The first-order chi connectivity index (χ1) is 8.69. The molecule has 90 valence electrons. The molecule has 0 fully saturated rings. The number of benzene rings is 2. The van der Waals surface area contributed by atoms with Crippen LogP contribution in [0.5, 0.6) is 5.75 Å². The van der Waals surface area contributed by atoms with E-state index in [1.54, 1.807) is 13.2 Å². The molecule has 1 aromatic carbocycles. The molecule has 0 saturated heterocycles. The highest BCUT2D eigenvalue weighted by molar-refractivity contribution is 7.21. The minimum absolute atomic E-state index is 0.199. The van der Waals surface area contributed by atoms with E-state index in [1.165, 1.54) is 11.3 Å². The molecule has 0 atom stereocenters. The molecule has 1 heterocycles.